The number of rotatable bonds is 6. The highest BCUT2D eigenvalue weighted by Crippen LogP contribution is 2.66. The zero-order valence-electron chi connectivity index (χ0n) is 24.7. The molecule has 3 aliphatic heterocycles. The highest BCUT2D eigenvalue weighted by atomic mass is 28.4. The molecule has 0 bridgehead atoms. The van der Waals surface area contributed by atoms with Gasteiger partial charge in [-0.15, -0.1) is 0 Å². The monoisotopic (exact) mass is 545 g/mol. The Labute approximate surface area is 235 Å². The number of methoxy groups -OCH3 is 1. The molecule has 208 valence electrons. The fourth-order valence-corrected chi connectivity index (χ4v) is 10.1. The molecule has 2 saturated heterocycles. The van der Waals surface area contributed by atoms with Crippen LogP contribution in [0.2, 0.25) is 18.1 Å². The van der Waals surface area contributed by atoms with E-state index < -0.39 is 8.32 Å². The van der Waals surface area contributed by atoms with Gasteiger partial charge < -0.3 is 19.0 Å². The summed E-state index contributed by atoms with van der Waals surface area (Å²) in [7, 11) is -0.446. The molecule has 2 aromatic rings. The fraction of sp³-hybridized carbons (Fsp3) is 0.545. The summed E-state index contributed by atoms with van der Waals surface area (Å²) >= 11 is 0. The van der Waals surface area contributed by atoms with E-state index in [1.807, 2.05) is 0 Å². The maximum atomic E-state index is 13.3. The third-order valence-electron chi connectivity index (χ3n) is 11.1. The summed E-state index contributed by atoms with van der Waals surface area (Å²) in [6.45, 7) is 16.2. The van der Waals surface area contributed by atoms with E-state index in [1.54, 1.807) is 0 Å². The molecule has 0 aromatic heterocycles. The van der Waals surface area contributed by atoms with Crippen LogP contribution in [0.15, 0.2) is 65.9 Å². The SMILES string of the molecule is COC(=O)C1=C2Nc3ccccc3[C@@]23CC[N+]2(Cc4ccccc4)[C@H](C(C)O[Si](C)(C)C(C)(C)C)C[C@@H](C1)[C@@H]32. The fourth-order valence-electron chi connectivity index (χ4n) is 8.64. The number of carbonyl (C=O) groups excluding carboxylic acids is 1. The van der Waals surface area contributed by atoms with E-state index in [-0.39, 0.29) is 22.5 Å². The Morgan fingerprint density at radius 1 is 1.13 bits per heavy atom. The van der Waals surface area contributed by atoms with E-state index in [9.17, 15) is 4.79 Å². The first-order chi connectivity index (χ1) is 18.4. The van der Waals surface area contributed by atoms with Crippen molar-refractivity contribution in [3.63, 3.8) is 0 Å². The summed E-state index contributed by atoms with van der Waals surface area (Å²) in [5.41, 5.74) is 5.69. The predicted octanol–water partition coefficient (Wildman–Crippen LogP) is 6.77. The Morgan fingerprint density at radius 2 is 1.82 bits per heavy atom. The molecule has 0 amide bonds. The van der Waals surface area contributed by atoms with Gasteiger partial charge in [0.1, 0.15) is 18.6 Å². The first-order valence-electron chi connectivity index (χ1n) is 14.7. The van der Waals surface area contributed by atoms with Gasteiger partial charge in [0, 0.05) is 35.7 Å². The first kappa shape index (κ1) is 26.8. The highest BCUT2D eigenvalue weighted by Gasteiger charge is 2.73. The molecule has 1 aliphatic carbocycles. The molecule has 0 radical (unpaired) electrons. The van der Waals surface area contributed by atoms with Crippen molar-refractivity contribution in [2.45, 2.75) is 95.2 Å². The number of ether oxygens (including phenoxy) is 1. The molecule has 6 rings (SSSR count). The lowest BCUT2D eigenvalue weighted by atomic mass is 9.63. The van der Waals surface area contributed by atoms with Gasteiger partial charge in [-0.2, -0.15) is 0 Å². The number of nitrogens with one attached hydrogen (secondary N) is 1. The van der Waals surface area contributed by atoms with Crippen molar-refractivity contribution in [1.29, 1.82) is 0 Å². The maximum Gasteiger partial charge on any atom is 0.335 e. The van der Waals surface area contributed by atoms with E-state index >= 15 is 0 Å². The Hall–Kier alpha value is -2.41. The highest BCUT2D eigenvalue weighted by molar-refractivity contribution is 6.74. The lowest BCUT2D eigenvalue weighted by Crippen LogP contribution is -2.62. The number of anilines is 1. The van der Waals surface area contributed by atoms with Crippen LogP contribution < -0.4 is 5.32 Å². The standard InChI is InChI=1S/C33H44N2O3Si/c1-22(38-39(6,7)32(2,3)4)28-20-24-19-25(31(36)37-5)29-33(26-15-11-12-16-27(26)34-29)17-18-35(28,30(24)33)21-23-13-9-8-10-14-23/h8-16,22,24,28,30H,17-21H2,1-7H3/p+1/t22?,24-,28+,30+,33+,35?/m1/s1. The predicted molar refractivity (Wildman–Crippen MR) is 159 cm³/mol. The molecular weight excluding hydrogens is 500 g/mol. The Balaban J connectivity index is 1.51. The minimum absolute atomic E-state index is 0.144. The third kappa shape index (κ3) is 3.81. The van der Waals surface area contributed by atoms with E-state index in [0.717, 1.165) is 53.8 Å². The molecule has 3 heterocycles. The van der Waals surface area contributed by atoms with Gasteiger partial charge in [-0.3, -0.25) is 0 Å². The third-order valence-corrected chi connectivity index (χ3v) is 15.7. The Morgan fingerprint density at radius 3 is 2.51 bits per heavy atom. The summed E-state index contributed by atoms with van der Waals surface area (Å²) in [5, 5.41) is 3.92. The molecule has 2 fully saturated rings. The Bertz CT molecular complexity index is 1320. The average molecular weight is 546 g/mol. The number of carbonyl (C=O) groups is 1. The van der Waals surface area contributed by atoms with Crippen molar-refractivity contribution in [1.82, 2.24) is 0 Å². The Kier molecular flexibility index (Phi) is 6.22. The number of fused-ring (bicyclic) bond motifs is 1. The molecule has 2 unspecified atom stereocenters. The van der Waals surface area contributed by atoms with Crippen molar-refractivity contribution in [2.24, 2.45) is 5.92 Å². The largest absolute Gasteiger partial charge is 0.466 e. The molecular formula is C33H45N2O3Si+. The summed E-state index contributed by atoms with van der Waals surface area (Å²) in [5.74, 6) is 0.225. The topological polar surface area (TPSA) is 47.6 Å². The van der Waals surface area contributed by atoms with Crippen LogP contribution in [0.1, 0.15) is 58.1 Å². The normalized spacial score (nSPS) is 31.8. The number of para-hydroxylation sites is 1. The second-order valence-electron chi connectivity index (χ2n) is 14.0. The van der Waals surface area contributed by atoms with Crippen molar-refractivity contribution < 1.29 is 18.4 Å². The minimum Gasteiger partial charge on any atom is -0.466 e. The van der Waals surface area contributed by atoms with Crippen molar-refractivity contribution in [3.05, 3.63) is 77.0 Å². The number of hydrogen-bond donors (Lipinski definition) is 1. The van der Waals surface area contributed by atoms with Gasteiger partial charge in [0.15, 0.2) is 8.32 Å². The van der Waals surface area contributed by atoms with Crippen LogP contribution in [0.4, 0.5) is 5.69 Å². The van der Waals surface area contributed by atoms with Crippen LogP contribution in [0.5, 0.6) is 0 Å². The van der Waals surface area contributed by atoms with Gasteiger partial charge in [0.2, 0.25) is 0 Å². The number of quaternary nitrogens is 1. The van der Waals surface area contributed by atoms with Gasteiger partial charge in [-0.25, -0.2) is 4.79 Å². The van der Waals surface area contributed by atoms with E-state index in [0.29, 0.717) is 18.0 Å². The number of benzene rings is 2. The first-order valence-corrected chi connectivity index (χ1v) is 17.6. The second-order valence-corrected chi connectivity index (χ2v) is 18.8. The lowest BCUT2D eigenvalue weighted by Gasteiger charge is -2.49. The van der Waals surface area contributed by atoms with E-state index in [1.165, 1.54) is 18.2 Å². The number of hydrogen-bond acceptors (Lipinski definition) is 4. The van der Waals surface area contributed by atoms with Crippen LogP contribution in [0, 0.1) is 5.92 Å². The van der Waals surface area contributed by atoms with Crippen molar-refractivity contribution in [3.8, 4) is 0 Å². The van der Waals surface area contributed by atoms with Gasteiger partial charge in [0.25, 0.3) is 0 Å². The molecule has 4 aliphatic rings. The molecule has 1 spiro atoms. The summed E-state index contributed by atoms with van der Waals surface area (Å²) < 4.78 is 13.6. The lowest BCUT2D eigenvalue weighted by molar-refractivity contribution is -0.967. The molecule has 0 saturated carbocycles. The zero-order chi connectivity index (χ0) is 27.8. The van der Waals surface area contributed by atoms with Crippen LogP contribution in [0.3, 0.4) is 0 Å². The maximum absolute atomic E-state index is 13.3. The van der Waals surface area contributed by atoms with Gasteiger partial charge in [0.05, 0.1) is 30.7 Å². The molecule has 5 nitrogen and oxygen atoms in total. The molecule has 39 heavy (non-hydrogen) atoms. The summed E-state index contributed by atoms with van der Waals surface area (Å²) in [4.78, 5) is 13.3. The van der Waals surface area contributed by atoms with E-state index in [2.05, 4.69) is 101 Å². The van der Waals surface area contributed by atoms with Gasteiger partial charge in [-0.1, -0.05) is 69.3 Å². The molecule has 6 heteroatoms. The van der Waals surface area contributed by atoms with Crippen LogP contribution in [-0.4, -0.2) is 50.6 Å². The summed E-state index contributed by atoms with van der Waals surface area (Å²) in [6.07, 6.45) is 3.02. The second kappa shape index (κ2) is 9.05. The number of esters is 1. The van der Waals surface area contributed by atoms with Crippen molar-refractivity contribution in [2.75, 3.05) is 19.0 Å². The summed E-state index contributed by atoms with van der Waals surface area (Å²) in [6, 6.07) is 20.6. The zero-order valence-corrected chi connectivity index (χ0v) is 25.7. The van der Waals surface area contributed by atoms with Crippen molar-refractivity contribution >= 4 is 20.0 Å². The molecule has 6 atom stereocenters. The number of nitrogens with zero attached hydrogens (tertiary/aromatic N) is 1. The smallest absolute Gasteiger partial charge is 0.335 e. The molecule has 1 N–H and O–H groups in total. The minimum atomic E-state index is -1.97. The quantitative estimate of drug-likeness (QED) is 0.247. The van der Waals surface area contributed by atoms with Crippen LogP contribution in [0.25, 0.3) is 0 Å². The van der Waals surface area contributed by atoms with Crippen LogP contribution >= 0.6 is 0 Å². The average Bonchev–Trinajstić information content (AvgIpc) is 3.52. The van der Waals surface area contributed by atoms with Gasteiger partial charge in [-0.05, 0) is 43.1 Å². The van der Waals surface area contributed by atoms with Gasteiger partial charge >= 0.3 is 5.97 Å². The molecule has 2 aromatic carbocycles. The van der Waals surface area contributed by atoms with E-state index in [4.69, 9.17) is 9.16 Å². The van der Waals surface area contributed by atoms with Crippen LogP contribution in [-0.2, 0) is 25.9 Å².